The van der Waals surface area contributed by atoms with E-state index in [2.05, 4.69) is 5.32 Å². The number of carbonyl (C=O) groups excluding carboxylic acids is 1. The summed E-state index contributed by atoms with van der Waals surface area (Å²) in [6.45, 7) is 1.53. The molecule has 118 valence electrons. The van der Waals surface area contributed by atoms with Crippen LogP contribution in [0.15, 0.2) is 16.8 Å². The normalized spacial score (nSPS) is 23.6. The minimum absolute atomic E-state index is 0.0947. The van der Waals surface area contributed by atoms with Crippen LogP contribution in [0.2, 0.25) is 0 Å². The van der Waals surface area contributed by atoms with Gasteiger partial charge in [0.1, 0.15) is 0 Å². The lowest BCUT2D eigenvalue weighted by Crippen LogP contribution is -2.43. The minimum Gasteiger partial charge on any atom is -0.348 e. The highest BCUT2D eigenvalue weighted by Gasteiger charge is 2.38. The summed E-state index contributed by atoms with van der Waals surface area (Å²) in [4.78, 5) is 14.2. The molecule has 0 saturated carbocycles. The fourth-order valence-electron chi connectivity index (χ4n) is 2.57. The molecule has 1 N–H and O–H groups in total. The quantitative estimate of drug-likeness (QED) is 0.842. The van der Waals surface area contributed by atoms with E-state index in [1.54, 1.807) is 11.4 Å². The summed E-state index contributed by atoms with van der Waals surface area (Å²) >= 11 is 1.47. The van der Waals surface area contributed by atoms with E-state index < -0.39 is 10.0 Å². The van der Waals surface area contributed by atoms with Crippen LogP contribution in [-0.4, -0.2) is 69.6 Å². The number of sulfonamides is 1. The molecule has 8 heteroatoms. The first-order valence-electron chi connectivity index (χ1n) is 6.70. The molecule has 1 aromatic heterocycles. The third-order valence-electron chi connectivity index (χ3n) is 3.58. The van der Waals surface area contributed by atoms with Crippen molar-refractivity contribution in [2.75, 3.05) is 40.0 Å². The van der Waals surface area contributed by atoms with Crippen molar-refractivity contribution in [3.63, 3.8) is 0 Å². The maximum absolute atomic E-state index is 12.2. The van der Waals surface area contributed by atoms with E-state index in [0.717, 1.165) is 6.54 Å². The molecule has 1 aliphatic heterocycles. The molecule has 0 unspecified atom stereocenters. The standard InChI is InChI=1S/C13H21N3O3S2/c1-15(2)6-11-7-16(21(3,18)19)8-12(11)14-13(17)10-4-5-20-9-10/h4-5,9,11-12H,6-8H2,1-3H3,(H,14,17)/t11-,12-/m1/s1. The first-order chi connectivity index (χ1) is 9.77. The van der Waals surface area contributed by atoms with Gasteiger partial charge in [0.2, 0.25) is 10.0 Å². The van der Waals surface area contributed by atoms with Crippen LogP contribution in [0.1, 0.15) is 10.4 Å². The van der Waals surface area contributed by atoms with Crippen molar-refractivity contribution < 1.29 is 13.2 Å². The molecular formula is C13H21N3O3S2. The Morgan fingerprint density at radius 2 is 2.19 bits per heavy atom. The van der Waals surface area contributed by atoms with Gasteiger partial charge in [0.25, 0.3) is 5.91 Å². The molecule has 0 bridgehead atoms. The van der Waals surface area contributed by atoms with Crippen LogP contribution >= 0.6 is 11.3 Å². The summed E-state index contributed by atoms with van der Waals surface area (Å²) in [5.74, 6) is -0.0438. The zero-order chi connectivity index (χ0) is 15.6. The number of hydrogen-bond donors (Lipinski definition) is 1. The summed E-state index contributed by atoms with van der Waals surface area (Å²) in [5, 5.41) is 6.62. The summed E-state index contributed by atoms with van der Waals surface area (Å²) in [6.07, 6.45) is 1.21. The fourth-order valence-corrected chi connectivity index (χ4v) is 4.10. The molecule has 21 heavy (non-hydrogen) atoms. The monoisotopic (exact) mass is 331 g/mol. The second-order valence-electron chi connectivity index (χ2n) is 5.69. The predicted molar refractivity (Wildman–Crippen MR) is 84.0 cm³/mol. The fraction of sp³-hybridized carbons (Fsp3) is 0.615. The molecule has 0 aromatic carbocycles. The number of amides is 1. The van der Waals surface area contributed by atoms with Gasteiger partial charge in [-0.1, -0.05) is 0 Å². The molecule has 0 aliphatic carbocycles. The Hall–Kier alpha value is -0.960. The zero-order valence-electron chi connectivity index (χ0n) is 12.4. The Kier molecular flexibility index (Phi) is 5.03. The summed E-state index contributed by atoms with van der Waals surface area (Å²) < 4.78 is 24.9. The number of nitrogens with zero attached hydrogens (tertiary/aromatic N) is 2. The van der Waals surface area contributed by atoms with Crippen LogP contribution < -0.4 is 5.32 Å². The first-order valence-corrected chi connectivity index (χ1v) is 9.49. The van der Waals surface area contributed by atoms with Crippen LogP contribution in [0.25, 0.3) is 0 Å². The summed E-state index contributed by atoms with van der Waals surface area (Å²) in [7, 11) is 0.662. The van der Waals surface area contributed by atoms with Gasteiger partial charge in [-0.3, -0.25) is 4.79 Å². The Labute approximate surface area is 129 Å². The van der Waals surface area contributed by atoms with Gasteiger partial charge >= 0.3 is 0 Å². The summed E-state index contributed by atoms with van der Waals surface area (Å²) in [5.41, 5.74) is 0.626. The molecule has 1 aromatic rings. The van der Waals surface area contributed by atoms with E-state index in [9.17, 15) is 13.2 Å². The number of nitrogens with one attached hydrogen (secondary N) is 1. The van der Waals surface area contributed by atoms with Gasteiger partial charge in [-0.05, 0) is 25.5 Å². The lowest BCUT2D eigenvalue weighted by Gasteiger charge is -2.22. The van der Waals surface area contributed by atoms with Crippen molar-refractivity contribution in [3.05, 3.63) is 22.4 Å². The zero-order valence-corrected chi connectivity index (χ0v) is 14.1. The Balaban J connectivity index is 2.09. The average molecular weight is 331 g/mol. The van der Waals surface area contributed by atoms with Crippen molar-refractivity contribution >= 4 is 27.3 Å². The molecule has 2 atom stereocenters. The van der Waals surface area contributed by atoms with Gasteiger partial charge in [0.15, 0.2) is 0 Å². The topological polar surface area (TPSA) is 69.7 Å². The van der Waals surface area contributed by atoms with Gasteiger partial charge < -0.3 is 10.2 Å². The van der Waals surface area contributed by atoms with E-state index >= 15 is 0 Å². The highest BCUT2D eigenvalue weighted by atomic mass is 32.2. The van der Waals surface area contributed by atoms with Gasteiger partial charge in [0.05, 0.1) is 6.26 Å². The van der Waals surface area contributed by atoms with E-state index in [0.29, 0.717) is 18.7 Å². The predicted octanol–water partition coefficient (Wildman–Crippen LogP) is 0.300. The molecule has 1 saturated heterocycles. The molecular weight excluding hydrogens is 310 g/mol. The van der Waals surface area contributed by atoms with Crippen molar-refractivity contribution in [1.29, 1.82) is 0 Å². The average Bonchev–Trinajstić information content (AvgIpc) is 2.97. The van der Waals surface area contributed by atoms with E-state index in [-0.39, 0.29) is 17.9 Å². The Morgan fingerprint density at radius 1 is 1.48 bits per heavy atom. The van der Waals surface area contributed by atoms with Crippen molar-refractivity contribution in [3.8, 4) is 0 Å². The van der Waals surface area contributed by atoms with Gasteiger partial charge in [-0.25, -0.2) is 8.42 Å². The Bertz CT molecular complexity index is 584. The third kappa shape index (κ3) is 4.26. The van der Waals surface area contributed by atoms with Crippen molar-refractivity contribution in [2.24, 2.45) is 5.92 Å². The van der Waals surface area contributed by atoms with E-state index in [4.69, 9.17) is 0 Å². The molecule has 6 nitrogen and oxygen atoms in total. The van der Waals surface area contributed by atoms with Gasteiger partial charge in [0, 0.05) is 42.5 Å². The smallest absolute Gasteiger partial charge is 0.252 e. The van der Waals surface area contributed by atoms with Crippen LogP contribution in [0.4, 0.5) is 0 Å². The number of thiophene rings is 1. The largest absolute Gasteiger partial charge is 0.348 e. The maximum atomic E-state index is 12.2. The number of carbonyl (C=O) groups is 1. The Morgan fingerprint density at radius 3 is 2.71 bits per heavy atom. The van der Waals surface area contributed by atoms with Crippen LogP contribution in [0.3, 0.4) is 0 Å². The van der Waals surface area contributed by atoms with Crippen LogP contribution in [0.5, 0.6) is 0 Å². The highest BCUT2D eigenvalue weighted by Crippen LogP contribution is 2.21. The summed E-state index contributed by atoms with van der Waals surface area (Å²) in [6, 6.07) is 1.61. The molecule has 1 aliphatic rings. The molecule has 0 spiro atoms. The van der Waals surface area contributed by atoms with Crippen molar-refractivity contribution in [2.45, 2.75) is 6.04 Å². The van der Waals surface area contributed by atoms with E-state index in [1.807, 2.05) is 24.4 Å². The lowest BCUT2D eigenvalue weighted by molar-refractivity contribution is 0.0928. The second kappa shape index (κ2) is 6.43. The first kappa shape index (κ1) is 16.4. The number of rotatable bonds is 5. The highest BCUT2D eigenvalue weighted by molar-refractivity contribution is 7.88. The van der Waals surface area contributed by atoms with Gasteiger partial charge in [-0.15, -0.1) is 0 Å². The molecule has 2 heterocycles. The lowest BCUT2D eigenvalue weighted by atomic mass is 10.0. The second-order valence-corrected chi connectivity index (χ2v) is 8.46. The number of hydrogen-bond acceptors (Lipinski definition) is 5. The molecule has 1 amide bonds. The molecule has 0 radical (unpaired) electrons. The maximum Gasteiger partial charge on any atom is 0.252 e. The van der Waals surface area contributed by atoms with E-state index in [1.165, 1.54) is 21.9 Å². The minimum atomic E-state index is -3.23. The SMILES string of the molecule is CN(C)C[C@@H]1CN(S(C)(=O)=O)C[C@H]1NC(=O)c1ccsc1. The van der Waals surface area contributed by atoms with Crippen LogP contribution in [0, 0.1) is 5.92 Å². The molecule has 1 fully saturated rings. The van der Waals surface area contributed by atoms with Gasteiger partial charge in [-0.2, -0.15) is 15.6 Å². The van der Waals surface area contributed by atoms with Crippen molar-refractivity contribution in [1.82, 2.24) is 14.5 Å². The third-order valence-corrected chi connectivity index (χ3v) is 5.50. The molecule has 2 rings (SSSR count). The van der Waals surface area contributed by atoms with Crippen LogP contribution in [-0.2, 0) is 10.0 Å².